The molecule has 0 bridgehead atoms. The molecule has 8 heteroatoms. The highest BCUT2D eigenvalue weighted by atomic mass is 32.1. The normalized spacial score (nSPS) is 10.8. The highest BCUT2D eigenvalue weighted by molar-refractivity contribution is 7.22. The number of amides is 2. The van der Waals surface area contributed by atoms with Crippen molar-refractivity contribution in [1.82, 2.24) is 14.8 Å². The Morgan fingerprint density at radius 2 is 2.12 bits per heavy atom. The SMILES string of the molecule is CC(=O)Nc1ccc2nc(NC(=O)CCc3cnn(C)c3)sc2c1. The smallest absolute Gasteiger partial charge is 0.226 e. The van der Waals surface area contributed by atoms with Crippen molar-refractivity contribution < 1.29 is 9.59 Å². The number of benzene rings is 1. The Labute approximate surface area is 142 Å². The van der Waals surface area contributed by atoms with Gasteiger partial charge in [0.2, 0.25) is 11.8 Å². The summed E-state index contributed by atoms with van der Waals surface area (Å²) in [5, 5.41) is 10.2. The van der Waals surface area contributed by atoms with Gasteiger partial charge in [0.15, 0.2) is 5.13 Å². The van der Waals surface area contributed by atoms with Crippen LogP contribution in [0.1, 0.15) is 18.9 Å². The molecule has 3 rings (SSSR count). The minimum absolute atomic E-state index is 0.0833. The van der Waals surface area contributed by atoms with Crippen molar-refractivity contribution in [2.45, 2.75) is 19.8 Å². The van der Waals surface area contributed by atoms with Crippen LogP contribution in [-0.4, -0.2) is 26.6 Å². The second-order valence-corrected chi connectivity index (χ2v) is 6.48. The lowest BCUT2D eigenvalue weighted by atomic mass is 10.2. The lowest BCUT2D eigenvalue weighted by Crippen LogP contribution is -2.11. The standard InChI is InChI=1S/C16H17N5O2S/c1-10(22)18-12-4-5-13-14(7-12)24-16(19-13)20-15(23)6-3-11-8-17-21(2)9-11/h4-5,7-9H,3,6H2,1-2H3,(H,18,22)(H,19,20,23). The quantitative estimate of drug-likeness (QED) is 0.745. The van der Waals surface area contributed by atoms with E-state index < -0.39 is 0 Å². The molecule has 0 aliphatic heterocycles. The number of hydrogen-bond acceptors (Lipinski definition) is 5. The van der Waals surface area contributed by atoms with E-state index in [1.807, 2.05) is 25.4 Å². The Hall–Kier alpha value is -2.74. The number of anilines is 2. The summed E-state index contributed by atoms with van der Waals surface area (Å²) < 4.78 is 2.62. The number of carbonyl (C=O) groups excluding carboxylic acids is 2. The molecule has 2 amide bonds. The zero-order valence-electron chi connectivity index (χ0n) is 13.4. The van der Waals surface area contributed by atoms with E-state index >= 15 is 0 Å². The van der Waals surface area contributed by atoms with Crippen LogP contribution in [0.4, 0.5) is 10.8 Å². The Morgan fingerprint density at radius 3 is 2.83 bits per heavy atom. The number of carbonyl (C=O) groups is 2. The lowest BCUT2D eigenvalue weighted by molar-refractivity contribution is -0.116. The average molecular weight is 343 g/mol. The fraction of sp³-hybridized carbons (Fsp3) is 0.250. The van der Waals surface area contributed by atoms with Crippen LogP contribution in [-0.2, 0) is 23.1 Å². The molecule has 1 aromatic carbocycles. The minimum Gasteiger partial charge on any atom is -0.326 e. The fourth-order valence-corrected chi connectivity index (χ4v) is 3.22. The molecule has 0 aliphatic rings. The molecular formula is C16H17N5O2S. The van der Waals surface area contributed by atoms with Crippen LogP contribution in [0.5, 0.6) is 0 Å². The number of nitrogens with zero attached hydrogens (tertiary/aromatic N) is 3. The van der Waals surface area contributed by atoms with Crippen molar-refractivity contribution in [2.75, 3.05) is 10.6 Å². The average Bonchev–Trinajstić information content (AvgIpc) is 3.09. The molecule has 0 saturated carbocycles. The van der Waals surface area contributed by atoms with Crippen LogP contribution in [0, 0.1) is 0 Å². The van der Waals surface area contributed by atoms with Crippen LogP contribution in [0.3, 0.4) is 0 Å². The van der Waals surface area contributed by atoms with Gasteiger partial charge in [-0.3, -0.25) is 14.3 Å². The maximum absolute atomic E-state index is 12.1. The molecule has 7 nitrogen and oxygen atoms in total. The number of hydrogen-bond donors (Lipinski definition) is 2. The maximum atomic E-state index is 12.1. The molecule has 0 saturated heterocycles. The highest BCUT2D eigenvalue weighted by Gasteiger charge is 2.09. The molecule has 2 N–H and O–H groups in total. The Morgan fingerprint density at radius 1 is 1.29 bits per heavy atom. The molecule has 24 heavy (non-hydrogen) atoms. The van der Waals surface area contributed by atoms with Crippen molar-refractivity contribution >= 4 is 44.2 Å². The first-order valence-electron chi connectivity index (χ1n) is 7.45. The van der Waals surface area contributed by atoms with Crippen molar-refractivity contribution in [3.05, 3.63) is 36.2 Å². The molecule has 124 valence electrons. The number of nitrogens with one attached hydrogen (secondary N) is 2. The summed E-state index contributed by atoms with van der Waals surface area (Å²) in [4.78, 5) is 27.5. The molecule has 0 spiro atoms. The van der Waals surface area contributed by atoms with Crippen molar-refractivity contribution in [2.24, 2.45) is 7.05 Å². The van der Waals surface area contributed by atoms with Crippen LogP contribution < -0.4 is 10.6 Å². The van der Waals surface area contributed by atoms with E-state index in [1.54, 1.807) is 16.9 Å². The summed E-state index contributed by atoms with van der Waals surface area (Å²) in [7, 11) is 1.85. The first-order chi connectivity index (χ1) is 11.5. The van der Waals surface area contributed by atoms with Gasteiger partial charge >= 0.3 is 0 Å². The first kappa shape index (κ1) is 16.1. The monoisotopic (exact) mass is 343 g/mol. The predicted octanol–water partition coefficient (Wildman–Crippen LogP) is 2.56. The second-order valence-electron chi connectivity index (χ2n) is 5.45. The van der Waals surface area contributed by atoms with Gasteiger partial charge < -0.3 is 10.6 Å². The van der Waals surface area contributed by atoms with E-state index in [1.165, 1.54) is 18.3 Å². The van der Waals surface area contributed by atoms with Crippen molar-refractivity contribution in [3.8, 4) is 0 Å². The first-order valence-corrected chi connectivity index (χ1v) is 8.27. The van der Waals surface area contributed by atoms with Gasteiger partial charge in [0.05, 0.1) is 16.4 Å². The largest absolute Gasteiger partial charge is 0.326 e. The lowest BCUT2D eigenvalue weighted by Gasteiger charge is -2.00. The molecule has 2 heterocycles. The summed E-state index contributed by atoms with van der Waals surface area (Å²) in [6.45, 7) is 1.46. The van der Waals surface area contributed by atoms with Gasteiger partial charge in [0.1, 0.15) is 0 Å². The third-order valence-corrected chi connectivity index (χ3v) is 4.29. The van der Waals surface area contributed by atoms with E-state index in [-0.39, 0.29) is 11.8 Å². The number of fused-ring (bicyclic) bond motifs is 1. The van der Waals surface area contributed by atoms with E-state index in [4.69, 9.17) is 0 Å². The van der Waals surface area contributed by atoms with Crippen LogP contribution >= 0.6 is 11.3 Å². The van der Waals surface area contributed by atoms with Gasteiger partial charge in [-0.25, -0.2) is 4.98 Å². The van der Waals surface area contributed by atoms with Gasteiger partial charge in [-0.05, 0) is 30.2 Å². The Balaban J connectivity index is 1.63. The van der Waals surface area contributed by atoms with E-state index in [0.29, 0.717) is 23.7 Å². The summed E-state index contributed by atoms with van der Waals surface area (Å²) in [5.41, 5.74) is 2.53. The molecular weight excluding hydrogens is 326 g/mol. The van der Waals surface area contributed by atoms with Gasteiger partial charge in [-0.15, -0.1) is 0 Å². The topological polar surface area (TPSA) is 88.9 Å². The van der Waals surface area contributed by atoms with Crippen LogP contribution in [0.25, 0.3) is 10.2 Å². The number of rotatable bonds is 5. The van der Waals surface area contributed by atoms with E-state index in [0.717, 1.165) is 15.8 Å². The van der Waals surface area contributed by atoms with Gasteiger partial charge in [0, 0.05) is 32.3 Å². The molecule has 0 atom stereocenters. The van der Waals surface area contributed by atoms with Gasteiger partial charge in [-0.1, -0.05) is 11.3 Å². The Bertz CT molecular complexity index is 899. The highest BCUT2D eigenvalue weighted by Crippen LogP contribution is 2.28. The van der Waals surface area contributed by atoms with Gasteiger partial charge in [0.25, 0.3) is 0 Å². The summed E-state index contributed by atoms with van der Waals surface area (Å²) in [6, 6.07) is 5.46. The second kappa shape index (κ2) is 6.79. The molecule has 0 fully saturated rings. The summed E-state index contributed by atoms with van der Waals surface area (Å²) in [5.74, 6) is -0.206. The molecule has 0 radical (unpaired) electrons. The number of thiazole rings is 1. The number of aromatic nitrogens is 3. The van der Waals surface area contributed by atoms with Crippen molar-refractivity contribution in [1.29, 1.82) is 0 Å². The third kappa shape index (κ3) is 3.96. The van der Waals surface area contributed by atoms with Crippen LogP contribution in [0.15, 0.2) is 30.6 Å². The van der Waals surface area contributed by atoms with Crippen molar-refractivity contribution in [3.63, 3.8) is 0 Å². The fourth-order valence-electron chi connectivity index (χ4n) is 2.30. The Kier molecular flexibility index (Phi) is 4.57. The zero-order valence-corrected chi connectivity index (χ0v) is 14.2. The third-order valence-electron chi connectivity index (χ3n) is 3.35. The molecule has 2 aromatic heterocycles. The van der Waals surface area contributed by atoms with Gasteiger partial charge in [-0.2, -0.15) is 5.10 Å². The minimum atomic E-state index is -0.122. The molecule has 0 unspecified atom stereocenters. The summed E-state index contributed by atoms with van der Waals surface area (Å²) in [6.07, 6.45) is 4.67. The van der Waals surface area contributed by atoms with Crippen LogP contribution in [0.2, 0.25) is 0 Å². The number of aryl methyl sites for hydroxylation is 2. The maximum Gasteiger partial charge on any atom is 0.226 e. The van der Waals surface area contributed by atoms with E-state index in [9.17, 15) is 9.59 Å². The predicted molar refractivity (Wildman–Crippen MR) is 94.1 cm³/mol. The molecule has 0 aliphatic carbocycles. The summed E-state index contributed by atoms with van der Waals surface area (Å²) >= 11 is 1.38. The molecule has 3 aromatic rings. The zero-order chi connectivity index (χ0) is 17.1. The van der Waals surface area contributed by atoms with E-state index in [2.05, 4.69) is 20.7 Å².